The lowest BCUT2D eigenvalue weighted by atomic mass is 10.0. The zero-order chi connectivity index (χ0) is 20.6. The molecule has 0 heterocycles. The molecule has 0 saturated heterocycles. The molecule has 1 rings (SSSR count). The second kappa shape index (κ2) is 15.1. The summed E-state index contributed by atoms with van der Waals surface area (Å²) in [6.45, 7) is 3.54. The van der Waals surface area contributed by atoms with Gasteiger partial charge in [0.15, 0.2) is 5.78 Å². The van der Waals surface area contributed by atoms with Crippen molar-refractivity contribution in [1.29, 1.82) is 0 Å². The Morgan fingerprint density at radius 3 is 1.82 bits per heavy atom. The van der Waals surface area contributed by atoms with E-state index in [-0.39, 0.29) is 17.3 Å². The summed E-state index contributed by atoms with van der Waals surface area (Å²) < 4.78 is 5.05. The summed E-state index contributed by atoms with van der Waals surface area (Å²) in [7, 11) is 0. The van der Waals surface area contributed by atoms with Crippen molar-refractivity contribution >= 4 is 11.8 Å². The normalized spacial score (nSPS) is 10.8. The van der Waals surface area contributed by atoms with Crippen LogP contribution in [0.25, 0.3) is 0 Å². The number of hydrogen-bond donors (Lipinski definition) is 1. The predicted octanol–water partition coefficient (Wildman–Crippen LogP) is 6.98. The largest absolute Gasteiger partial charge is 0.508 e. The Morgan fingerprint density at radius 1 is 0.821 bits per heavy atom. The number of ether oxygens (including phenoxy) is 1. The fourth-order valence-corrected chi connectivity index (χ4v) is 3.42. The van der Waals surface area contributed by atoms with E-state index in [1.54, 1.807) is 0 Å². The molecule has 1 N–H and O–H groups in total. The van der Waals surface area contributed by atoms with Gasteiger partial charge in [-0.3, -0.25) is 9.59 Å². The van der Waals surface area contributed by atoms with Gasteiger partial charge < -0.3 is 9.84 Å². The van der Waals surface area contributed by atoms with Gasteiger partial charge in [-0.05, 0) is 18.6 Å². The molecule has 4 heteroatoms. The van der Waals surface area contributed by atoms with Crippen molar-refractivity contribution in [1.82, 2.24) is 0 Å². The number of aromatic hydroxyl groups is 1. The number of phenolic OH excluding ortho intramolecular Hbond substituents is 1. The van der Waals surface area contributed by atoms with Crippen molar-refractivity contribution < 1.29 is 19.4 Å². The minimum Gasteiger partial charge on any atom is -0.508 e. The first-order valence-corrected chi connectivity index (χ1v) is 11.1. The molecule has 0 amide bonds. The fourth-order valence-electron chi connectivity index (χ4n) is 3.42. The molecule has 0 atom stereocenters. The molecule has 0 spiro atoms. The van der Waals surface area contributed by atoms with E-state index in [1.165, 1.54) is 89.3 Å². The smallest absolute Gasteiger partial charge is 0.308 e. The van der Waals surface area contributed by atoms with Crippen LogP contribution in [0, 0.1) is 0 Å². The van der Waals surface area contributed by atoms with Crippen LogP contribution in [0.3, 0.4) is 0 Å². The van der Waals surface area contributed by atoms with E-state index in [4.69, 9.17) is 4.74 Å². The SMILES string of the molecule is CCCCCCCCCCCCCCCC(=O)c1ccc(O)cc1OC(C)=O. The summed E-state index contributed by atoms with van der Waals surface area (Å²) in [6.07, 6.45) is 16.9. The van der Waals surface area contributed by atoms with Gasteiger partial charge in [0.25, 0.3) is 0 Å². The Balaban J connectivity index is 2.10. The molecule has 0 aliphatic carbocycles. The molecule has 0 radical (unpaired) electrons. The van der Waals surface area contributed by atoms with Crippen LogP contribution in [0.5, 0.6) is 11.5 Å². The molecule has 0 aromatic heterocycles. The summed E-state index contributed by atoms with van der Waals surface area (Å²) >= 11 is 0. The molecule has 1 aromatic carbocycles. The topological polar surface area (TPSA) is 63.6 Å². The van der Waals surface area contributed by atoms with Crippen molar-refractivity contribution in [3.8, 4) is 11.5 Å². The monoisotopic (exact) mass is 390 g/mol. The van der Waals surface area contributed by atoms with Crippen molar-refractivity contribution in [2.75, 3.05) is 0 Å². The second-order valence-electron chi connectivity index (χ2n) is 7.69. The first kappa shape index (κ1) is 24.2. The quantitative estimate of drug-likeness (QED) is 0.143. The van der Waals surface area contributed by atoms with Gasteiger partial charge in [-0.2, -0.15) is 0 Å². The van der Waals surface area contributed by atoms with Crippen molar-refractivity contribution in [3.05, 3.63) is 23.8 Å². The maximum Gasteiger partial charge on any atom is 0.308 e. The number of carbonyl (C=O) groups excluding carboxylic acids is 2. The van der Waals surface area contributed by atoms with Crippen molar-refractivity contribution in [2.24, 2.45) is 0 Å². The minimum absolute atomic E-state index is 0.0197. The van der Waals surface area contributed by atoms with Crippen molar-refractivity contribution in [2.45, 2.75) is 104 Å². The maximum atomic E-state index is 12.4. The third kappa shape index (κ3) is 11.1. The molecule has 0 unspecified atom stereocenters. The van der Waals surface area contributed by atoms with Crippen LogP contribution in [0.2, 0.25) is 0 Å². The summed E-state index contributed by atoms with van der Waals surface area (Å²) in [6, 6.07) is 4.29. The van der Waals surface area contributed by atoms with Crippen molar-refractivity contribution in [3.63, 3.8) is 0 Å². The number of unbranched alkanes of at least 4 members (excludes halogenated alkanes) is 12. The molecule has 1 aromatic rings. The van der Waals surface area contributed by atoms with E-state index in [9.17, 15) is 14.7 Å². The molecule has 4 nitrogen and oxygen atoms in total. The fraction of sp³-hybridized carbons (Fsp3) is 0.667. The number of esters is 1. The highest BCUT2D eigenvalue weighted by atomic mass is 16.5. The van der Waals surface area contributed by atoms with Crippen LogP contribution in [-0.2, 0) is 4.79 Å². The first-order chi connectivity index (χ1) is 13.5. The average Bonchev–Trinajstić information content (AvgIpc) is 2.65. The van der Waals surface area contributed by atoms with E-state index < -0.39 is 5.97 Å². The minimum atomic E-state index is -0.499. The third-order valence-corrected chi connectivity index (χ3v) is 5.03. The highest BCUT2D eigenvalue weighted by molar-refractivity contribution is 5.99. The molecule has 0 aliphatic rings. The lowest BCUT2D eigenvalue weighted by Crippen LogP contribution is -2.07. The number of rotatable bonds is 16. The molecule has 28 heavy (non-hydrogen) atoms. The van der Waals surface area contributed by atoms with E-state index >= 15 is 0 Å². The molecule has 0 fully saturated rings. The second-order valence-corrected chi connectivity index (χ2v) is 7.69. The Morgan fingerprint density at radius 2 is 1.32 bits per heavy atom. The van der Waals surface area contributed by atoms with E-state index in [0.717, 1.165) is 19.3 Å². The highest BCUT2D eigenvalue weighted by Crippen LogP contribution is 2.26. The number of phenols is 1. The summed E-state index contributed by atoms with van der Waals surface area (Å²) in [4.78, 5) is 23.6. The number of carbonyl (C=O) groups is 2. The van der Waals surface area contributed by atoms with E-state index in [1.807, 2.05) is 0 Å². The van der Waals surface area contributed by atoms with Gasteiger partial charge in [0.2, 0.25) is 0 Å². The Labute approximate surface area is 170 Å². The zero-order valence-corrected chi connectivity index (χ0v) is 17.8. The third-order valence-electron chi connectivity index (χ3n) is 5.03. The molecule has 158 valence electrons. The van der Waals surface area contributed by atoms with Gasteiger partial charge >= 0.3 is 5.97 Å². The van der Waals surface area contributed by atoms with Crippen LogP contribution in [0.1, 0.15) is 114 Å². The van der Waals surface area contributed by atoms with Crippen LogP contribution >= 0.6 is 0 Å². The Hall–Kier alpha value is -1.84. The molecule has 0 saturated carbocycles. The van der Waals surface area contributed by atoms with Gasteiger partial charge in [-0.25, -0.2) is 0 Å². The van der Waals surface area contributed by atoms with Gasteiger partial charge in [0.1, 0.15) is 11.5 Å². The Bertz CT molecular complexity index is 580. The van der Waals surface area contributed by atoms with E-state index in [2.05, 4.69) is 6.92 Å². The molecular formula is C24H38O4. The molecular weight excluding hydrogens is 352 g/mol. The van der Waals surface area contributed by atoms with Gasteiger partial charge in [0, 0.05) is 19.4 Å². The van der Waals surface area contributed by atoms with Gasteiger partial charge in [0.05, 0.1) is 5.56 Å². The van der Waals surface area contributed by atoms with Crippen LogP contribution < -0.4 is 4.74 Å². The molecule has 0 bridgehead atoms. The van der Waals surface area contributed by atoms with Gasteiger partial charge in [-0.1, -0.05) is 84.0 Å². The predicted molar refractivity (Wildman–Crippen MR) is 114 cm³/mol. The van der Waals surface area contributed by atoms with Crippen LogP contribution in [0.15, 0.2) is 18.2 Å². The van der Waals surface area contributed by atoms with Crippen LogP contribution in [-0.4, -0.2) is 16.9 Å². The standard InChI is InChI=1S/C24H38O4/c1-3-4-5-6-7-8-9-10-11-12-13-14-15-16-23(27)22-18-17-21(26)19-24(22)28-20(2)25/h17-19,26H,3-16H2,1-2H3. The van der Waals surface area contributed by atoms with Crippen LogP contribution in [0.4, 0.5) is 0 Å². The van der Waals surface area contributed by atoms with E-state index in [0.29, 0.717) is 12.0 Å². The summed E-state index contributed by atoms with van der Waals surface area (Å²) in [5.41, 5.74) is 0.368. The first-order valence-electron chi connectivity index (χ1n) is 11.1. The number of hydrogen-bond acceptors (Lipinski definition) is 4. The molecule has 0 aliphatic heterocycles. The highest BCUT2D eigenvalue weighted by Gasteiger charge is 2.14. The van der Waals surface area contributed by atoms with Gasteiger partial charge in [-0.15, -0.1) is 0 Å². The summed E-state index contributed by atoms with van der Waals surface area (Å²) in [5.74, 6) is -0.416. The maximum absolute atomic E-state index is 12.4. The number of ketones is 1. The zero-order valence-electron chi connectivity index (χ0n) is 17.8. The number of benzene rings is 1. The number of Topliss-reactive ketones (excluding diaryl/α,β-unsaturated/α-hetero) is 1. The summed E-state index contributed by atoms with van der Waals surface area (Å²) in [5, 5.41) is 9.53. The Kier molecular flexibility index (Phi) is 13.1. The average molecular weight is 391 g/mol. The lowest BCUT2D eigenvalue weighted by molar-refractivity contribution is -0.131. The lowest BCUT2D eigenvalue weighted by Gasteiger charge is -2.09.